The van der Waals surface area contributed by atoms with E-state index < -0.39 is 9.84 Å². The smallest absolute Gasteiger partial charge is 0.217 e. The maximum atomic E-state index is 10.6. The Morgan fingerprint density at radius 1 is 1.25 bits per heavy atom. The third-order valence-electron chi connectivity index (χ3n) is 1.44. The van der Waals surface area contributed by atoms with Crippen molar-refractivity contribution in [3.63, 3.8) is 0 Å². The van der Waals surface area contributed by atoms with E-state index in [9.17, 15) is 13.2 Å². The summed E-state index contributed by atoms with van der Waals surface area (Å²) in [5.41, 5.74) is 4.90. The van der Waals surface area contributed by atoms with Crippen molar-refractivity contribution in [3.05, 3.63) is 0 Å². The summed E-state index contributed by atoms with van der Waals surface area (Å²) in [5.74, 6) is -0.125. The number of nitrogens with two attached hydrogens (primary N) is 1. The van der Waals surface area contributed by atoms with Gasteiger partial charge in [0.05, 0.1) is 0 Å². The summed E-state index contributed by atoms with van der Waals surface area (Å²) in [6.45, 7) is 0. The first-order valence-corrected chi connectivity index (χ1v) is 5.94. The second kappa shape index (κ2) is 5.13. The lowest BCUT2D eigenvalue weighted by Crippen LogP contribution is -2.10. The van der Waals surface area contributed by atoms with Crippen LogP contribution in [-0.4, -0.2) is 26.3 Å². The number of hydrogen-bond acceptors (Lipinski definition) is 3. The quantitative estimate of drug-likeness (QED) is 0.607. The van der Waals surface area contributed by atoms with Crippen molar-refractivity contribution in [2.24, 2.45) is 5.73 Å². The molecule has 0 atom stereocenters. The van der Waals surface area contributed by atoms with E-state index in [1.165, 1.54) is 6.26 Å². The van der Waals surface area contributed by atoms with Crippen molar-refractivity contribution in [1.82, 2.24) is 0 Å². The van der Waals surface area contributed by atoms with Crippen LogP contribution in [0.5, 0.6) is 0 Å². The van der Waals surface area contributed by atoms with Crippen LogP contribution in [0.3, 0.4) is 0 Å². The summed E-state index contributed by atoms with van der Waals surface area (Å²) in [7, 11) is -2.84. The Kier molecular flexibility index (Phi) is 4.89. The largest absolute Gasteiger partial charge is 0.370 e. The Labute approximate surface area is 73.1 Å². The van der Waals surface area contributed by atoms with Crippen molar-refractivity contribution in [1.29, 1.82) is 0 Å². The molecule has 4 nitrogen and oxygen atoms in total. The molecule has 0 aromatic carbocycles. The lowest BCUT2D eigenvalue weighted by Gasteiger charge is -1.97. The Bertz CT molecular complexity index is 233. The Morgan fingerprint density at radius 2 is 1.83 bits per heavy atom. The average Bonchev–Trinajstić information content (AvgIpc) is 1.83. The van der Waals surface area contributed by atoms with Crippen LogP contribution < -0.4 is 5.73 Å². The molecule has 12 heavy (non-hydrogen) atoms. The first-order chi connectivity index (χ1) is 5.42. The molecular formula is C7H15NO3S. The first-order valence-electron chi connectivity index (χ1n) is 3.88. The van der Waals surface area contributed by atoms with Crippen LogP contribution in [0, 0.1) is 0 Å². The maximum Gasteiger partial charge on any atom is 0.217 e. The van der Waals surface area contributed by atoms with E-state index >= 15 is 0 Å². The molecular weight excluding hydrogens is 178 g/mol. The van der Waals surface area contributed by atoms with Gasteiger partial charge in [-0.25, -0.2) is 8.42 Å². The molecule has 1 amide bonds. The Hall–Kier alpha value is -0.580. The van der Waals surface area contributed by atoms with Crippen molar-refractivity contribution in [2.75, 3.05) is 12.0 Å². The molecule has 2 N–H and O–H groups in total. The van der Waals surface area contributed by atoms with E-state index in [1.54, 1.807) is 0 Å². The second-order valence-electron chi connectivity index (χ2n) is 2.91. The Morgan fingerprint density at radius 3 is 2.25 bits per heavy atom. The molecule has 0 aromatic rings. The highest BCUT2D eigenvalue weighted by Crippen LogP contribution is 2.00. The predicted octanol–water partition coefficient (Wildman–Crippen LogP) is 0.0767. The number of primary amides is 1. The van der Waals surface area contributed by atoms with Crippen LogP contribution in [0.15, 0.2) is 0 Å². The van der Waals surface area contributed by atoms with Crippen LogP contribution >= 0.6 is 0 Å². The zero-order chi connectivity index (χ0) is 9.61. The highest BCUT2D eigenvalue weighted by atomic mass is 32.2. The maximum absolute atomic E-state index is 10.6. The molecule has 0 heterocycles. The van der Waals surface area contributed by atoms with Crippen molar-refractivity contribution in [2.45, 2.75) is 25.7 Å². The van der Waals surface area contributed by atoms with Crippen molar-refractivity contribution in [3.8, 4) is 0 Å². The number of amides is 1. The summed E-state index contributed by atoms with van der Waals surface area (Å²) >= 11 is 0. The molecule has 0 unspecified atom stereocenters. The summed E-state index contributed by atoms with van der Waals surface area (Å²) < 4.78 is 21.3. The summed E-state index contributed by atoms with van der Waals surface area (Å²) in [5, 5.41) is 0. The van der Waals surface area contributed by atoms with Gasteiger partial charge >= 0.3 is 0 Å². The zero-order valence-electron chi connectivity index (χ0n) is 7.25. The molecule has 0 spiro atoms. The number of carbonyl (C=O) groups is 1. The van der Waals surface area contributed by atoms with Crippen molar-refractivity contribution >= 4 is 15.7 Å². The van der Waals surface area contributed by atoms with Crippen LogP contribution in [0.2, 0.25) is 0 Å². The molecule has 0 aliphatic heterocycles. The van der Waals surface area contributed by atoms with E-state index in [4.69, 9.17) is 5.73 Å². The van der Waals surface area contributed by atoms with Crippen LogP contribution in [-0.2, 0) is 14.6 Å². The SMILES string of the molecule is CS(=O)(=O)CCCCCC(N)=O. The molecule has 0 bridgehead atoms. The van der Waals surface area contributed by atoms with Gasteiger partial charge in [-0.2, -0.15) is 0 Å². The molecule has 0 saturated heterocycles. The van der Waals surface area contributed by atoms with E-state index in [2.05, 4.69) is 0 Å². The normalized spacial score (nSPS) is 11.4. The average molecular weight is 193 g/mol. The third kappa shape index (κ3) is 9.42. The molecule has 0 aliphatic rings. The van der Waals surface area contributed by atoms with Gasteiger partial charge in [0.15, 0.2) is 0 Å². The monoisotopic (exact) mass is 193 g/mol. The summed E-state index contributed by atoms with van der Waals surface area (Å²) in [6.07, 6.45) is 3.61. The van der Waals surface area contributed by atoms with Gasteiger partial charge in [-0.3, -0.25) is 4.79 Å². The van der Waals surface area contributed by atoms with E-state index in [0.717, 1.165) is 6.42 Å². The summed E-state index contributed by atoms with van der Waals surface area (Å²) in [6, 6.07) is 0. The van der Waals surface area contributed by atoms with Crippen LogP contribution in [0.25, 0.3) is 0 Å². The number of sulfone groups is 1. The lowest BCUT2D eigenvalue weighted by molar-refractivity contribution is -0.118. The molecule has 0 rings (SSSR count). The third-order valence-corrected chi connectivity index (χ3v) is 2.47. The fraction of sp³-hybridized carbons (Fsp3) is 0.857. The highest BCUT2D eigenvalue weighted by molar-refractivity contribution is 7.90. The van der Waals surface area contributed by atoms with Gasteiger partial charge in [-0.15, -0.1) is 0 Å². The highest BCUT2D eigenvalue weighted by Gasteiger charge is 2.01. The fourth-order valence-corrected chi connectivity index (χ4v) is 1.57. The minimum Gasteiger partial charge on any atom is -0.370 e. The molecule has 72 valence electrons. The number of hydrogen-bond donors (Lipinski definition) is 1. The van der Waals surface area contributed by atoms with E-state index in [-0.39, 0.29) is 11.7 Å². The number of unbranched alkanes of at least 4 members (excludes halogenated alkanes) is 2. The molecule has 0 aliphatic carbocycles. The minimum absolute atomic E-state index is 0.200. The van der Waals surface area contributed by atoms with Gasteiger partial charge in [0, 0.05) is 18.4 Å². The topological polar surface area (TPSA) is 77.2 Å². The molecule has 5 heteroatoms. The van der Waals surface area contributed by atoms with E-state index in [0.29, 0.717) is 19.3 Å². The minimum atomic E-state index is -2.84. The lowest BCUT2D eigenvalue weighted by atomic mass is 10.2. The van der Waals surface area contributed by atoms with Gasteiger partial charge in [-0.1, -0.05) is 6.42 Å². The molecule has 0 saturated carbocycles. The summed E-state index contributed by atoms with van der Waals surface area (Å²) in [4.78, 5) is 10.3. The van der Waals surface area contributed by atoms with Gasteiger partial charge in [0.25, 0.3) is 0 Å². The van der Waals surface area contributed by atoms with Gasteiger partial charge < -0.3 is 5.73 Å². The number of rotatable bonds is 6. The molecule has 0 aromatic heterocycles. The van der Waals surface area contributed by atoms with Gasteiger partial charge in [-0.05, 0) is 12.8 Å². The Balaban J connectivity index is 3.29. The van der Waals surface area contributed by atoms with Gasteiger partial charge in [0.2, 0.25) is 5.91 Å². The molecule has 0 radical (unpaired) electrons. The standard InChI is InChI=1S/C7H15NO3S/c1-12(10,11)6-4-2-3-5-7(8)9/h2-6H2,1H3,(H2,8,9). The number of carbonyl (C=O) groups excluding carboxylic acids is 1. The van der Waals surface area contributed by atoms with Crippen LogP contribution in [0.4, 0.5) is 0 Å². The van der Waals surface area contributed by atoms with Gasteiger partial charge in [0.1, 0.15) is 9.84 Å². The fourth-order valence-electron chi connectivity index (χ4n) is 0.840. The second-order valence-corrected chi connectivity index (χ2v) is 5.17. The molecule has 0 fully saturated rings. The van der Waals surface area contributed by atoms with Crippen LogP contribution in [0.1, 0.15) is 25.7 Å². The van der Waals surface area contributed by atoms with Crippen molar-refractivity contribution < 1.29 is 13.2 Å². The van der Waals surface area contributed by atoms with E-state index in [1.807, 2.05) is 0 Å². The first kappa shape index (κ1) is 11.4. The predicted molar refractivity (Wildman–Crippen MR) is 47.4 cm³/mol. The zero-order valence-corrected chi connectivity index (χ0v) is 8.06.